The second-order valence-electron chi connectivity index (χ2n) is 3.87. The number of ether oxygens (including phenoxy) is 1. The lowest BCUT2D eigenvalue weighted by atomic mass is 10.2. The molecule has 94 valence electrons. The van der Waals surface area contributed by atoms with Crippen molar-refractivity contribution < 1.29 is 4.74 Å². The van der Waals surface area contributed by atoms with Crippen LogP contribution in [0.5, 0.6) is 5.75 Å². The molecule has 0 aliphatic rings. The number of nitrogens with one attached hydrogen (secondary N) is 1. The Bertz CT molecular complexity index is 572. The van der Waals surface area contributed by atoms with Crippen molar-refractivity contribution in [2.45, 2.75) is 6.92 Å². The monoisotopic (exact) mass is 263 g/mol. The Morgan fingerprint density at radius 3 is 2.78 bits per heavy atom. The summed E-state index contributed by atoms with van der Waals surface area (Å²) in [6.45, 7) is 1.93. The van der Waals surface area contributed by atoms with E-state index in [0.717, 1.165) is 11.3 Å². The number of benzene rings is 1. The highest BCUT2D eigenvalue weighted by Crippen LogP contribution is 2.32. The first kappa shape index (κ1) is 12.5. The van der Waals surface area contributed by atoms with Crippen LogP contribution in [0, 0.1) is 6.92 Å². The number of nitrogens with zero attached hydrogens (tertiary/aromatic N) is 1. The molecule has 0 unspecified atom stereocenters. The Balaban J connectivity index is 2.36. The number of hydrogen-bond donors (Lipinski definition) is 2. The Kier molecular flexibility index (Phi) is 3.58. The summed E-state index contributed by atoms with van der Waals surface area (Å²) in [5, 5.41) is 3.82. The molecule has 1 heterocycles. The summed E-state index contributed by atoms with van der Waals surface area (Å²) in [7, 11) is 1.60. The zero-order chi connectivity index (χ0) is 13.1. The topological polar surface area (TPSA) is 60.2 Å². The molecule has 0 saturated carbocycles. The minimum Gasteiger partial charge on any atom is -0.495 e. The van der Waals surface area contributed by atoms with Crippen LogP contribution in [-0.2, 0) is 0 Å². The average molecular weight is 264 g/mol. The molecule has 0 amide bonds. The van der Waals surface area contributed by atoms with Crippen molar-refractivity contribution in [1.82, 2.24) is 4.98 Å². The number of hydrogen-bond acceptors (Lipinski definition) is 4. The predicted molar refractivity (Wildman–Crippen MR) is 74.7 cm³/mol. The van der Waals surface area contributed by atoms with Gasteiger partial charge in [0.1, 0.15) is 17.4 Å². The van der Waals surface area contributed by atoms with E-state index in [4.69, 9.17) is 22.1 Å². The van der Waals surface area contributed by atoms with Crippen LogP contribution in [0.2, 0.25) is 5.02 Å². The molecule has 0 radical (unpaired) electrons. The Labute approximate surface area is 111 Å². The van der Waals surface area contributed by atoms with Gasteiger partial charge in [0.05, 0.1) is 12.8 Å². The first-order valence-electron chi connectivity index (χ1n) is 5.44. The van der Waals surface area contributed by atoms with Gasteiger partial charge in [-0.25, -0.2) is 4.98 Å². The SMILES string of the molecule is COc1cc(Cl)c(C)cc1Nc1cccc(N)n1. The average Bonchev–Trinajstić information content (AvgIpc) is 2.33. The lowest BCUT2D eigenvalue weighted by Crippen LogP contribution is -1.99. The molecule has 0 saturated heterocycles. The maximum atomic E-state index is 6.05. The summed E-state index contributed by atoms with van der Waals surface area (Å²) in [6.07, 6.45) is 0. The largest absolute Gasteiger partial charge is 0.495 e. The van der Waals surface area contributed by atoms with Gasteiger partial charge >= 0.3 is 0 Å². The molecular weight excluding hydrogens is 250 g/mol. The molecule has 0 spiro atoms. The van der Waals surface area contributed by atoms with Crippen molar-refractivity contribution in [2.24, 2.45) is 0 Å². The Morgan fingerprint density at radius 1 is 1.33 bits per heavy atom. The fourth-order valence-electron chi connectivity index (χ4n) is 1.59. The van der Waals surface area contributed by atoms with E-state index < -0.39 is 0 Å². The van der Waals surface area contributed by atoms with Crippen molar-refractivity contribution in [2.75, 3.05) is 18.2 Å². The molecule has 0 bridgehead atoms. The highest BCUT2D eigenvalue weighted by atomic mass is 35.5. The summed E-state index contributed by atoms with van der Waals surface area (Å²) in [4.78, 5) is 4.17. The van der Waals surface area contributed by atoms with E-state index in [1.165, 1.54) is 0 Å². The third-order valence-electron chi connectivity index (χ3n) is 2.51. The number of methoxy groups -OCH3 is 1. The number of aryl methyl sites for hydroxylation is 1. The van der Waals surface area contributed by atoms with Gasteiger partial charge < -0.3 is 15.8 Å². The van der Waals surface area contributed by atoms with Gasteiger partial charge in [-0.1, -0.05) is 17.7 Å². The van der Waals surface area contributed by atoms with E-state index >= 15 is 0 Å². The number of nitrogens with two attached hydrogens (primary N) is 1. The summed E-state index contributed by atoms with van der Waals surface area (Å²) in [5.41, 5.74) is 7.40. The van der Waals surface area contributed by atoms with Crippen LogP contribution in [0.4, 0.5) is 17.3 Å². The molecule has 3 N–H and O–H groups in total. The maximum absolute atomic E-state index is 6.05. The van der Waals surface area contributed by atoms with E-state index in [-0.39, 0.29) is 0 Å². The van der Waals surface area contributed by atoms with Crippen LogP contribution in [0.1, 0.15) is 5.56 Å². The van der Waals surface area contributed by atoms with Crippen molar-refractivity contribution in [1.29, 1.82) is 0 Å². The van der Waals surface area contributed by atoms with Crippen LogP contribution in [0.25, 0.3) is 0 Å². The van der Waals surface area contributed by atoms with Gasteiger partial charge in [0, 0.05) is 11.1 Å². The minimum absolute atomic E-state index is 0.463. The highest BCUT2D eigenvalue weighted by molar-refractivity contribution is 6.31. The second-order valence-corrected chi connectivity index (χ2v) is 4.28. The van der Waals surface area contributed by atoms with Crippen molar-refractivity contribution in [3.05, 3.63) is 40.9 Å². The quantitative estimate of drug-likeness (QED) is 0.891. The van der Waals surface area contributed by atoms with Crippen LogP contribution in [0.3, 0.4) is 0 Å². The van der Waals surface area contributed by atoms with E-state index in [2.05, 4.69) is 10.3 Å². The van der Waals surface area contributed by atoms with E-state index in [1.54, 1.807) is 19.2 Å². The summed E-state index contributed by atoms with van der Waals surface area (Å²) >= 11 is 6.05. The number of nitrogen functional groups attached to an aromatic ring is 1. The van der Waals surface area contributed by atoms with Crippen LogP contribution in [0.15, 0.2) is 30.3 Å². The predicted octanol–water partition coefficient (Wildman–Crippen LogP) is 3.38. The number of anilines is 3. The van der Waals surface area contributed by atoms with Crippen molar-refractivity contribution >= 4 is 28.9 Å². The lowest BCUT2D eigenvalue weighted by Gasteiger charge is -2.12. The molecule has 0 aliphatic carbocycles. The molecule has 18 heavy (non-hydrogen) atoms. The molecule has 2 rings (SSSR count). The lowest BCUT2D eigenvalue weighted by molar-refractivity contribution is 0.416. The molecule has 4 nitrogen and oxygen atoms in total. The third-order valence-corrected chi connectivity index (χ3v) is 2.92. The summed E-state index contributed by atoms with van der Waals surface area (Å²) in [5.74, 6) is 1.79. The number of halogens is 1. The molecule has 0 atom stereocenters. The van der Waals surface area contributed by atoms with Gasteiger partial charge in [-0.2, -0.15) is 0 Å². The van der Waals surface area contributed by atoms with E-state index in [1.807, 2.05) is 25.1 Å². The van der Waals surface area contributed by atoms with E-state index in [9.17, 15) is 0 Å². The van der Waals surface area contributed by atoms with Gasteiger partial charge in [0.15, 0.2) is 0 Å². The van der Waals surface area contributed by atoms with Crippen LogP contribution in [-0.4, -0.2) is 12.1 Å². The van der Waals surface area contributed by atoms with Gasteiger partial charge in [0.25, 0.3) is 0 Å². The van der Waals surface area contributed by atoms with Gasteiger partial charge in [0.2, 0.25) is 0 Å². The smallest absolute Gasteiger partial charge is 0.143 e. The van der Waals surface area contributed by atoms with Gasteiger partial charge in [-0.15, -0.1) is 0 Å². The number of aromatic nitrogens is 1. The molecule has 0 aliphatic heterocycles. The molecule has 5 heteroatoms. The molecule has 1 aromatic heterocycles. The minimum atomic E-state index is 0.463. The maximum Gasteiger partial charge on any atom is 0.143 e. The second kappa shape index (κ2) is 5.14. The zero-order valence-electron chi connectivity index (χ0n) is 10.2. The normalized spacial score (nSPS) is 10.2. The Hall–Kier alpha value is -1.94. The van der Waals surface area contributed by atoms with Crippen LogP contribution >= 0.6 is 11.6 Å². The van der Waals surface area contributed by atoms with Gasteiger partial charge in [-0.3, -0.25) is 0 Å². The van der Waals surface area contributed by atoms with Crippen LogP contribution < -0.4 is 15.8 Å². The van der Waals surface area contributed by atoms with Gasteiger partial charge in [-0.05, 0) is 30.7 Å². The molecular formula is C13H14ClN3O. The summed E-state index contributed by atoms with van der Waals surface area (Å²) < 4.78 is 5.28. The molecule has 2 aromatic rings. The number of rotatable bonds is 3. The Morgan fingerprint density at radius 2 is 2.11 bits per heavy atom. The third kappa shape index (κ3) is 2.65. The fourth-order valence-corrected chi connectivity index (χ4v) is 1.74. The molecule has 0 fully saturated rings. The zero-order valence-corrected chi connectivity index (χ0v) is 11.0. The standard InChI is InChI=1S/C13H14ClN3O/c1-8-6-10(11(18-2)7-9(8)14)16-13-5-3-4-12(15)17-13/h3-7H,1-2H3,(H3,15,16,17). The van der Waals surface area contributed by atoms with Crippen molar-refractivity contribution in [3.63, 3.8) is 0 Å². The first-order chi connectivity index (χ1) is 8.60. The fraction of sp³-hybridized carbons (Fsp3) is 0.154. The molecule has 1 aromatic carbocycles. The summed E-state index contributed by atoms with van der Waals surface area (Å²) in [6, 6.07) is 9.08. The number of pyridine rings is 1. The van der Waals surface area contributed by atoms with E-state index in [0.29, 0.717) is 22.4 Å². The highest BCUT2D eigenvalue weighted by Gasteiger charge is 2.07. The first-order valence-corrected chi connectivity index (χ1v) is 5.81. The van der Waals surface area contributed by atoms with Crippen molar-refractivity contribution in [3.8, 4) is 5.75 Å².